The van der Waals surface area contributed by atoms with Crippen LogP contribution in [0.3, 0.4) is 0 Å². The average Bonchev–Trinajstić information content (AvgIpc) is 3.30. The summed E-state index contributed by atoms with van der Waals surface area (Å²) in [6.07, 6.45) is 9.92. The molecule has 0 aromatic heterocycles. The Hall–Kier alpha value is -0.500. The maximum atomic E-state index is 10.5. The van der Waals surface area contributed by atoms with E-state index in [1.54, 1.807) is 0 Å². The van der Waals surface area contributed by atoms with Crippen molar-refractivity contribution in [2.24, 2.45) is 52.3 Å². The minimum absolute atomic E-state index is 0.101. The Balaban J connectivity index is 1.24. The van der Waals surface area contributed by atoms with Crippen molar-refractivity contribution in [3.63, 3.8) is 0 Å². The van der Waals surface area contributed by atoms with Crippen molar-refractivity contribution in [2.45, 2.75) is 149 Å². The van der Waals surface area contributed by atoms with Crippen LogP contribution in [0.4, 0.5) is 0 Å². The second-order valence-electron chi connectivity index (χ2n) is 15.7. The number of hydrogen-bond acceptors (Lipinski definition) is 6. The summed E-state index contributed by atoms with van der Waals surface area (Å²) in [5.41, 5.74) is 2.19. The van der Waals surface area contributed by atoms with Gasteiger partial charge in [0.1, 0.15) is 24.4 Å². The van der Waals surface area contributed by atoms with E-state index in [4.69, 9.17) is 9.47 Å². The van der Waals surface area contributed by atoms with Crippen LogP contribution in [-0.4, -0.2) is 63.8 Å². The Kier molecular flexibility index (Phi) is 9.71. The zero-order valence-electron chi connectivity index (χ0n) is 26.7. The van der Waals surface area contributed by atoms with Crippen LogP contribution in [0.5, 0.6) is 0 Å². The van der Waals surface area contributed by atoms with Crippen LogP contribution in [0.25, 0.3) is 0 Å². The van der Waals surface area contributed by atoms with E-state index in [-0.39, 0.29) is 11.5 Å². The molecule has 41 heavy (non-hydrogen) atoms. The van der Waals surface area contributed by atoms with E-state index in [1.807, 2.05) is 0 Å². The molecule has 1 aliphatic heterocycles. The quantitative estimate of drug-likeness (QED) is 0.257. The molecule has 236 valence electrons. The van der Waals surface area contributed by atoms with Crippen LogP contribution in [0.1, 0.15) is 112 Å². The van der Waals surface area contributed by atoms with Crippen LogP contribution in [0.15, 0.2) is 11.6 Å². The van der Waals surface area contributed by atoms with Crippen molar-refractivity contribution in [3.8, 4) is 0 Å². The predicted molar refractivity (Wildman–Crippen MR) is 161 cm³/mol. The third-order valence-corrected chi connectivity index (χ3v) is 13.5. The molecule has 6 heteroatoms. The smallest absolute Gasteiger partial charge is 0.186 e. The Morgan fingerprint density at radius 1 is 0.951 bits per heavy atom. The summed E-state index contributed by atoms with van der Waals surface area (Å²) in [6.45, 7) is 14.5. The van der Waals surface area contributed by atoms with Gasteiger partial charge in [-0.1, -0.05) is 66.0 Å². The molecule has 0 radical (unpaired) electrons. The molecule has 0 unspecified atom stereocenters. The number of ether oxygens (including phenoxy) is 2. The van der Waals surface area contributed by atoms with Gasteiger partial charge in [-0.05, 0) is 110 Å². The molecule has 14 atom stereocenters. The van der Waals surface area contributed by atoms with Crippen molar-refractivity contribution < 1.29 is 29.9 Å². The number of aliphatic hydroxyl groups is 4. The second-order valence-corrected chi connectivity index (χ2v) is 15.7. The molecule has 6 nitrogen and oxygen atoms in total. The first-order valence-corrected chi connectivity index (χ1v) is 17.1. The molecule has 1 heterocycles. The Labute approximate surface area is 249 Å². The van der Waals surface area contributed by atoms with Gasteiger partial charge in [-0.25, -0.2) is 0 Å². The molecule has 4 fully saturated rings. The third-order valence-electron chi connectivity index (χ3n) is 13.5. The van der Waals surface area contributed by atoms with Crippen molar-refractivity contribution in [1.29, 1.82) is 0 Å². The highest BCUT2D eigenvalue weighted by Crippen LogP contribution is 2.67. The molecule has 0 amide bonds. The van der Waals surface area contributed by atoms with E-state index in [0.29, 0.717) is 5.41 Å². The largest absolute Gasteiger partial charge is 0.394 e. The molecule has 5 rings (SSSR count). The lowest BCUT2D eigenvalue weighted by molar-refractivity contribution is -0.313. The summed E-state index contributed by atoms with van der Waals surface area (Å²) in [7, 11) is 0. The average molecular weight is 577 g/mol. The molecular formula is C35H60O6. The molecule has 0 aromatic carbocycles. The summed E-state index contributed by atoms with van der Waals surface area (Å²) < 4.78 is 11.9. The van der Waals surface area contributed by atoms with Gasteiger partial charge in [-0.2, -0.15) is 0 Å². The Bertz CT molecular complexity index is 918. The summed E-state index contributed by atoms with van der Waals surface area (Å²) in [6, 6.07) is 0. The lowest BCUT2D eigenvalue weighted by Crippen LogP contribution is -2.60. The summed E-state index contributed by atoms with van der Waals surface area (Å²) in [5.74, 6) is 5.66. The molecule has 0 aromatic rings. The topological polar surface area (TPSA) is 99.4 Å². The van der Waals surface area contributed by atoms with Gasteiger partial charge in [0, 0.05) is 0 Å². The number of fused-ring (bicyclic) bond motifs is 5. The second kappa shape index (κ2) is 12.5. The molecule has 4 N–H and O–H groups in total. The normalized spacial score (nSPS) is 47.7. The van der Waals surface area contributed by atoms with Crippen LogP contribution in [0, 0.1) is 52.3 Å². The van der Waals surface area contributed by atoms with E-state index < -0.39 is 37.3 Å². The van der Waals surface area contributed by atoms with E-state index in [2.05, 4.69) is 47.6 Å². The fraction of sp³-hybridized carbons (Fsp3) is 0.943. The molecule has 4 aliphatic carbocycles. The van der Waals surface area contributed by atoms with Gasteiger partial charge in [-0.15, -0.1) is 0 Å². The fourth-order valence-electron chi connectivity index (χ4n) is 10.8. The van der Waals surface area contributed by atoms with Crippen molar-refractivity contribution in [2.75, 3.05) is 6.61 Å². The standard InChI is InChI=1S/C35H60O6/c1-7-22(20(2)3)9-8-21(4)26-12-13-27-25-11-10-23-18-24(14-16-34(23,5)28(25)15-17-35(26,27)6)40-33-32(39)31(38)30(37)29(19-36)41-33/h10,20-22,24-33,36-39H,7-9,11-19H2,1-6H3/t21-,22-,24+,25+,26+,27+,28-,29-,30-,31+,32-,33-,34+,35+/m1/s1. The Morgan fingerprint density at radius 2 is 1.71 bits per heavy atom. The molecule has 5 aliphatic rings. The monoisotopic (exact) mass is 576 g/mol. The first-order chi connectivity index (χ1) is 19.4. The zero-order valence-corrected chi connectivity index (χ0v) is 26.7. The highest BCUT2D eigenvalue weighted by Gasteiger charge is 2.59. The van der Waals surface area contributed by atoms with Gasteiger partial charge in [0.25, 0.3) is 0 Å². The van der Waals surface area contributed by atoms with Crippen molar-refractivity contribution in [3.05, 3.63) is 11.6 Å². The van der Waals surface area contributed by atoms with Gasteiger partial charge in [-0.3, -0.25) is 0 Å². The third kappa shape index (κ3) is 5.73. The lowest BCUT2D eigenvalue weighted by atomic mass is 9.47. The van der Waals surface area contributed by atoms with Crippen LogP contribution < -0.4 is 0 Å². The van der Waals surface area contributed by atoms with E-state index in [1.165, 1.54) is 56.9 Å². The minimum atomic E-state index is -1.40. The van der Waals surface area contributed by atoms with Gasteiger partial charge in [0.05, 0.1) is 12.7 Å². The fourth-order valence-corrected chi connectivity index (χ4v) is 10.8. The maximum absolute atomic E-state index is 10.5. The van der Waals surface area contributed by atoms with Gasteiger partial charge in [0.15, 0.2) is 6.29 Å². The SMILES string of the molecule is CC[C@H](CC[C@@H](C)[C@@H]1CC[C@H]2[C@@H]3CC=C4C[C@@H](O[C@@H]5O[C@H](CO)[C@@H](O)[C@H](O)[C@H]5O)CC[C@]4(C)[C@@H]3CC[C@]21C)C(C)C. The predicted octanol–water partition coefficient (Wildman–Crippen LogP) is 5.85. The maximum Gasteiger partial charge on any atom is 0.186 e. The number of rotatable bonds is 9. The van der Waals surface area contributed by atoms with E-state index in [0.717, 1.165) is 60.7 Å². The number of allylic oxidation sites excluding steroid dienone is 1. The van der Waals surface area contributed by atoms with E-state index >= 15 is 0 Å². The number of aliphatic hydroxyl groups excluding tert-OH is 4. The van der Waals surface area contributed by atoms with Crippen LogP contribution in [-0.2, 0) is 9.47 Å². The summed E-state index contributed by atoms with van der Waals surface area (Å²) >= 11 is 0. The van der Waals surface area contributed by atoms with Gasteiger partial charge < -0.3 is 29.9 Å². The highest BCUT2D eigenvalue weighted by molar-refractivity contribution is 5.25. The van der Waals surface area contributed by atoms with E-state index in [9.17, 15) is 20.4 Å². The highest BCUT2D eigenvalue weighted by atomic mass is 16.7. The van der Waals surface area contributed by atoms with Crippen LogP contribution in [0.2, 0.25) is 0 Å². The first kappa shape index (κ1) is 31.9. The molecule has 1 saturated heterocycles. The van der Waals surface area contributed by atoms with Gasteiger partial charge in [0.2, 0.25) is 0 Å². The summed E-state index contributed by atoms with van der Waals surface area (Å²) in [4.78, 5) is 0. The molecular weight excluding hydrogens is 516 g/mol. The molecule has 0 spiro atoms. The number of hydrogen-bond donors (Lipinski definition) is 4. The molecule has 3 saturated carbocycles. The van der Waals surface area contributed by atoms with Crippen LogP contribution >= 0.6 is 0 Å². The zero-order chi connectivity index (χ0) is 29.7. The van der Waals surface area contributed by atoms with Crippen molar-refractivity contribution in [1.82, 2.24) is 0 Å². The Morgan fingerprint density at radius 3 is 2.39 bits per heavy atom. The lowest BCUT2D eigenvalue weighted by Gasteiger charge is -2.58. The minimum Gasteiger partial charge on any atom is -0.394 e. The van der Waals surface area contributed by atoms with Gasteiger partial charge >= 0.3 is 0 Å². The first-order valence-electron chi connectivity index (χ1n) is 17.1. The van der Waals surface area contributed by atoms with Crippen molar-refractivity contribution >= 4 is 0 Å². The molecule has 0 bridgehead atoms. The summed E-state index contributed by atoms with van der Waals surface area (Å²) in [5, 5.41) is 40.4.